The molecule has 226 valence electrons. The van der Waals surface area contributed by atoms with Crippen LogP contribution in [0.5, 0.6) is 0 Å². The number of aromatic nitrogens is 1. The summed E-state index contributed by atoms with van der Waals surface area (Å²) in [5.41, 5.74) is 9.96. The predicted molar refractivity (Wildman–Crippen MR) is 200 cm³/mol. The zero-order valence-electron chi connectivity index (χ0n) is 25.6. The molecule has 0 atom stereocenters. The lowest BCUT2D eigenvalue weighted by molar-refractivity contribution is 0.620. The molecule has 48 heavy (non-hydrogen) atoms. The molecule has 5 heteroatoms. The summed E-state index contributed by atoms with van der Waals surface area (Å²) >= 11 is 1.79. The number of oxazole rings is 1. The molecule has 0 radical (unpaired) electrons. The van der Waals surface area contributed by atoms with E-state index in [1.54, 1.807) is 11.3 Å². The highest BCUT2D eigenvalue weighted by atomic mass is 32.1. The number of thiophene rings is 1. The first kappa shape index (κ1) is 27.0. The van der Waals surface area contributed by atoms with E-state index in [9.17, 15) is 0 Å². The molecule has 10 aromatic rings. The molecule has 3 heterocycles. The van der Waals surface area contributed by atoms with Crippen molar-refractivity contribution in [1.29, 1.82) is 0 Å². The Balaban J connectivity index is 1.14. The van der Waals surface area contributed by atoms with Crippen molar-refractivity contribution in [2.75, 3.05) is 4.90 Å². The minimum absolute atomic E-state index is 0.643. The standard InChI is InChI=1S/C43H26N2O2S/c1-2-9-27(10-3-1)28-17-19-29(20-18-28)45(30-21-23-33-32-11-4-6-14-37(32)46-39(33)25-30)31-22-24-34-41(26-31)48-40-16-8-12-35(42(34)40)43-44-36-13-5-7-15-38(36)47-43/h1-26H. The average Bonchev–Trinajstić information content (AvgIpc) is 3.85. The Bertz CT molecular complexity index is 2760. The Hall–Kier alpha value is -6.17. The Morgan fingerprint density at radius 3 is 2.00 bits per heavy atom. The van der Waals surface area contributed by atoms with Crippen LogP contribution in [0.4, 0.5) is 17.1 Å². The summed E-state index contributed by atoms with van der Waals surface area (Å²) in [5.74, 6) is 0.643. The molecule has 0 bridgehead atoms. The first-order valence-electron chi connectivity index (χ1n) is 15.9. The molecule has 10 rings (SSSR count). The van der Waals surface area contributed by atoms with Gasteiger partial charge in [-0.2, -0.15) is 0 Å². The monoisotopic (exact) mass is 634 g/mol. The number of hydrogen-bond donors (Lipinski definition) is 0. The van der Waals surface area contributed by atoms with Crippen molar-refractivity contribution in [2.45, 2.75) is 0 Å². The number of nitrogens with zero attached hydrogens (tertiary/aromatic N) is 2. The average molecular weight is 635 g/mol. The highest BCUT2D eigenvalue weighted by Crippen LogP contribution is 2.44. The number of furan rings is 1. The van der Waals surface area contributed by atoms with Crippen LogP contribution in [0, 0.1) is 0 Å². The van der Waals surface area contributed by atoms with Crippen molar-refractivity contribution in [3.63, 3.8) is 0 Å². The van der Waals surface area contributed by atoms with Gasteiger partial charge in [0.25, 0.3) is 0 Å². The molecule has 0 unspecified atom stereocenters. The lowest BCUT2D eigenvalue weighted by atomic mass is 10.0. The van der Waals surface area contributed by atoms with Gasteiger partial charge in [-0.05, 0) is 77.9 Å². The molecule has 0 N–H and O–H groups in total. The van der Waals surface area contributed by atoms with Gasteiger partial charge in [0.1, 0.15) is 16.7 Å². The molecule has 4 nitrogen and oxygen atoms in total. The molecule has 3 aromatic heterocycles. The molecule has 0 saturated carbocycles. The highest BCUT2D eigenvalue weighted by Gasteiger charge is 2.19. The summed E-state index contributed by atoms with van der Waals surface area (Å²) in [7, 11) is 0. The van der Waals surface area contributed by atoms with Gasteiger partial charge in [-0.3, -0.25) is 0 Å². The Kier molecular flexibility index (Phi) is 6.01. The molecular formula is C43H26N2O2S. The number of para-hydroxylation sites is 3. The smallest absolute Gasteiger partial charge is 0.227 e. The van der Waals surface area contributed by atoms with Crippen LogP contribution in [0.2, 0.25) is 0 Å². The zero-order valence-corrected chi connectivity index (χ0v) is 26.4. The summed E-state index contributed by atoms with van der Waals surface area (Å²) in [6.45, 7) is 0. The number of fused-ring (bicyclic) bond motifs is 7. The lowest BCUT2D eigenvalue weighted by Gasteiger charge is -2.26. The largest absolute Gasteiger partial charge is 0.456 e. The number of hydrogen-bond acceptors (Lipinski definition) is 5. The first-order chi connectivity index (χ1) is 23.8. The van der Waals surface area contributed by atoms with Crippen LogP contribution in [-0.4, -0.2) is 4.98 Å². The second-order valence-electron chi connectivity index (χ2n) is 12.0. The van der Waals surface area contributed by atoms with Gasteiger partial charge in [0.15, 0.2) is 5.58 Å². The second-order valence-corrected chi connectivity index (χ2v) is 13.1. The zero-order chi connectivity index (χ0) is 31.6. The number of anilines is 3. The maximum atomic E-state index is 6.34. The van der Waals surface area contributed by atoms with Crippen LogP contribution in [0.3, 0.4) is 0 Å². The topological polar surface area (TPSA) is 42.4 Å². The van der Waals surface area contributed by atoms with Gasteiger partial charge in [-0.25, -0.2) is 4.98 Å². The van der Waals surface area contributed by atoms with Crippen LogP contribution >= 0.6 is 11.3 Å². The summed E-state index contributed by atoms with van der Waals surface area (Å²) in [6, 6.07) is 55.1. The third kappa shape index (κ3) is 4.33. The van der Waals surface area contributed by atoms with Gasteiger partial charge in [0, 0.05) is 59.6 Å². The molecular weight excluding hydrogens is 609 g/mol. The fraction of sp³-hybridized carbons (Fsp3) is 0. The van der Waals surface area contributed by atoms with Crippen LogP contribution in [0.1, 0.15) is 0 Å². The number of rotatable bonds is 5. The maximum Gasteiger partial charge on any atom is 0.227 e. The molecule has 7 aromatic carbocycles. The predicted octanol–water partition coefficient (Wildman–Crippen LogP) is 12.9. The van der Waals surface area contributed by atoms with Crippen LogP contribution in [0.25, 0.3) is 75.8 Å². The van der Waals surface area contributed by atoms with Gasteiger partial charge >= 0.3 is 0 Å². The molecule has 0 amide bonds. The van der Waals surface area contributed by atoms with Crippen molar-refractivity contribution in [2.24, 2.45) is 0 Å². The Morgan fingerprint density at radius 2 is 1.15 bits per heavy atom. The fourth-order valence-corrected chi connectivity index (χ4v) is 8.02. The van der Waals surface area contributed by atoms with E-state index in [1.165, 1.54) is 25.9 Å². The van der Waals surface area contributed by atoms with E-state index in [-0.39, 0.29) is 0 Å². The van der Waals surface area contributed by atoms with Gasteiger partial charge in [0.2, 0.25) is 5.89 Å². The molecule has 0 aliphatic rings. The summed E-state index contributed by atoms with van der Waals surface area (Å²) in [5, 5.41) is 4.58. The van der Waals surface area contributed by atoms with E-state index >= 15 is 0 Å². The highest BCUT2D eigenvalue weighted by molar-refractivity contribution is 7.26. The Labute approximate surface area is 279 Å². The van der Waals surface area contributed by atoms with Crippen molar-refractivity contribution >= 4 is 81.6 Å². The number of benzene rings is 7. The third-order valence-corrected chi connectivity index (χ3v) is 10.2. The van der Waals surface area contributed by atoms with Crippen LogP contribution < -0.4 is 4.90 Å². The normalized spacial score (nSPS) is 11.8. The Morgan fingerprint density at radius 1 is 0.458 bits per heavy atom. The second kappa shape index (κ2) is 10.7. The minimum atomic E-state index is 0.643. The van der Waals surface area contributed by atoms with Gasteiger partial charge in [0.05, 0.1) is 0 Å². The molecule has 0 saturated heterocycles. The van der Waals surface area contributed by atoms with Crippen LogP contribution in [0.15, 0.2) is 167 Å². The van der Waals surface area contributed by atoms with E-state index in [4.69, 9.17) is 13.8 Å². The van der Waals surface area contributed by atoms with Gasteiger partial charge in [-0.15, -0.1) is 11.3 Å². The van der Waals surface area contributed by atoms with Crippen molar-refractivity contribution < 1.29 is 8.83 Å². The summed E-state index contributed by atoms with van der Waals surface area (Å²) in [6.07, 6.45) is 0. The first-order valence-corrected chi connectivity index (χ1v) is 16.8. The van der Waals surface area contributed by atoms with Gasteiger partial charge in [-0.1, -0.05) is 84.9 Å². The van der Waals surface area contributed by atoms with Crippen molar-refractivity contribution in [1.82, 2.24) is 4.98 Å². The van der Waals surface area contributed by atoms with E-state index in [0.717, 1.165) is 61.1 Å². The fourth-order valence-electron chi connectivity index (χ4n) is 6.85. The SMILES string of the molecule is c1ccc(-c2ccc(N(c3ccc4c(c3)oc3ccccc34)c3ccc4c(c3)sc3cccc(-c5nc6ccccc6o5)c34)cc2)cc1. The molecule has 0 aliphatic carbocycles. The van der Waals surface area contributed by atoms with E-state index in [2.05, 4.69) is 120 Å². The lowest BCUT2D eigenvalue weighted by Crippen LogP contribution is -2.09. The maximum absolute atomic E-state index is 6.34. The van der Waals surface area contributed by atoms with E-state index in [0.29, 0.717) is 5.89 Å². The molecule has 0 aliphatic heterocycles. The summed E-state index contributed by atoms with van der Waals surface area (Å²) in [4.78, 5) is 7.15. The van der Waals surface area contributed by atoms with E-state index < -0.39 is 0 Å². The van der Waals surface area contributed by atoms with Gasteiger partial charge < -0.3 is 13.7 Å². The minimum Gasteiger partial charge on any atom is -0.456 e. The van der Waals surface area contributed by atoms with Crippen molar-refractivity contribution in [3.05, 3.63) is 158 Å². The summed E-state index contributed by atoms with van der Waals surface area (Å²) < 4.78 is 15.0. The molecule has 0 spiro atoms. The van der Waals surface area contributed by atoms with Crippen LogP contribution in [-0.2, 0) is 0 Å². The van der Waals surface area contributed by atoms with Crippen molar-refractivity contribution in [3.8, 4) is 22.6 Å². The van der Waals surface area contributed by atoms with E-state index in [1.807, 2.05) is 42.5 Å². The third-order valence-electron chi connectivity index (χ3n) is 9.12. The quantitative estimate of drug-likeness (QED) is 0.189. The molecule has 0 fully saturated rings.